The predicted octanol–water partition coefficient (Wildman–Crippen LogP) is 3.68. The molecule has 112 valence electrons. The van der Waals surface area contributed by atoms with Gasteiger partial charge in [0.1, 0.15) is 5.75 Å². The van der Waals surface area contributed by atoms with Crippen LogP contribution in [0.1, 0.15) is 36.1 Å². The van der Waals surface area contributed by atoms with E-state index in [0.717, 1.165) is 25.1 Å². The molecule has 0 saturated carbocycles. The largest absolute Gasteiger partial charge is 0.496 e. The Hall–Kier alpha value is -1.87. The highest BCUT2D eigenvalue weighted by molar-refractivity contribution is 5.36. The maximum absolute atomic E-state index is 5.48. The van der Waals surface area contributed by atoms with E-state index in [-0.39, 0.29) is 6.04 Å². The van der Waals surface area contributed by atoms with Crippen LogP contribution in [0.3, 0.4) is 0 Å². The Kier molecular flexibility index (Phi) is 5.76. The fourth-order valence-corrected chi connectivity index (χ4v) is 2.58. The lowest BCUT2D eigenvalue weighted by atomic mass is 9.96. The highest BCUT2D eigenvalue weighted by Gasteiger charge is 2.15. The number of benzene rings is 1. The van der Waals surface area contributed by atoms with Crippen molar-refractivity contribution in [2.24, 2.45) is 0 Å². The highest BCUT2D eigenvalue weighted by Crippen LogP contribution is 2.26. The molecule has 1 atom stereocenters. The van der Waals surface area contributed by atoms with Gasteiger partial charge in [-0.05, 0) is 55.1 Å². The maximum Gasteiger partial charge on any atom is 0.122 e. The van der Waals surface area contributed by atoms with Crippen molar-refractivity contribution in [3.05, 3.63) is 59.4 Å². The topological polar surface area (TPSA) is 34.1 Å². The van der Waals surface area contributed by atoms with Crippen LogP contribution in [0.15, 0.2) is 42.7 Å². The number of aromatic nitrogens is 1. The lowest BCUT2D eigenvalue weighted by Crippen LogP contribution is -2.25. The average Bonchev–Trinajstić information content (AvgIpc) is 2.52. The van der Waals surface area contributed by atoms with Crippen molar-refractivity contribution in [2.45, 2.75) is 32.7 Å². The van der Waals surface area contributed by atoms with Crippen LogP contribution >= 0.6 is 0 Å². The van der Waals surface area contributed by atoms with E-state index in [9.17, 15) is 0 Å². The highest BCUT2D eigenvalue weighted by atomic mass is 16.5. The van der Waals surface area contributed by atoms with E-state index in [2.05, 4.69) is 42.3 Å². The first-order valence-corrected chi connectivity index (χ1v) is 7.52. The minimum Gasteiger partial charge on any atom is -0.496 e. The van der Waals surface area contributed by atoms with Crippen molar-refractivity contribution in [3.8, 4) is 5.75 Å². The van der Waals surface area contributed by atoms with Gasteiger partial charge in [0.2, 0.25) is 0 Å². The molecule has 1 aromatic carbocycles. The maximum atomic E-state index is 5.48. The Morgan fingerprint density at radius 1 is 1.24 bits per heavy atom. The minimum atomic E-state index is 0.282. The summed E-state index contributed by atoms with van der Waals surface area (Å²) >= 11 is 0. The Labute approximate surface area is 127 Å². The first-order valence-electron chi connectivity index (χ1n) is 7.52. The summed E-state index contributed by atoms with van der Waals surface area (Å²) in [5, 5.41) is 3.64. The zero-order valence-electron chi connectivity index (χ0n) is 13.1. The van der Waals surface area contributed by atoms with Gasteiger partial charge in [0.25, 0.3) is 0 Å². The molecular weight excluding hydrogens is 260 g/mol. The number of hydrogen-bond acceptors (Lipinski definition) is 3. The molecule has 0 spiro atoms. The molecule has 3 heteroatoms. The van der Waals surface area contributed by atoms with Gasteiger partial charge in [0.05, 0.1) is 7.11 Å². The number of nitrogens with one attached hydrogen (secondary N) is 1. The second-order valence-corrected chi connectivity index (χ2v) is 5.25. The third-order valence-electron chi connectivity index (χ3n) is 3.70. The fourth-order valence-electron chi connectivity index (χ4n) is 2.58. The quantitative estimate of drug-likeness (QED) is 0.842. The molecule has 0 fully saturated rings. The van der Waals surface area contributed by atoms with E-state index < -0.39 is 0 Å². The van der Waals surface area contributed by atoms with Gasteiger partial charge in [0.15, 0.2) is 0 Å². The van der Waals surface area contributed by atoms with Crippen molar-refractivity contribution in [1.29, 1.82) is 0 Å². The molecule has 1 heterocycles. The molecule has 0 aliphatic rings. The van der Waals surface area contributed by atoms with E-state index in [1.54, 1.807) is 7.11 Å². The summed E-state index contributed by atoms with van der Waals surface area (Å²) in [5.74, 6) is 0.951. The van der Waals surface area contributed by atoms with E-state index in [0.29, 0.717) is 0 Å². The Balaban J connectivity index is 2.26. The number of pyridine rings is 1. The summed E-state index contributed by atoms with van der Waals surface area (Å²) in [6.07, 6.45) is 5.82. The van der Waals surface area contributed by atoms with E-state index in [1.807, 2.05) is 24.5 Å². The minimum absolute atomic E-state index is 0.282. The van der Waals surface area contributed by atoms with Crippen molar-refractivity contribution in [1.82, 2.24) is 10.3 Å². The van der Waals surface area contributed by atoms with Gasteiger partial charge in [-0.3, -0.25) is 4.98 Å². The molecule has 2 rings (SSSR count). The smallest absolute Gasteiger partial charge is 0.122 e. The molecule has 0 bridgehead atoms. The summed E-state index contributed by atoms with van der Waals surface area (Å²) < 4.78 is 5.48. The lowest BCUT2D eigenvalue weighted by Gasteiger charge is -2.22. The molecule has 3 nitrogen and oxygen atoms in total. The molecule has 21 heavy (non-hydrogen) atoms. The summed E-state index contributed by atoms with van der Waals surface area (Å²) in [6.45, 7) is 5.30. The monoisotopic (exact) mass is 284 g/mol. The molecule has 1 unspecified atom stereocenters. The number of nitrogens with zero attached hydrogens (tertiary/aromatic N) is 1. The van der Waals surface area contributed by atoms with Crippen LogP contribution in [0, 0.1) is 6.92 Å². The molecule has 0 amide bonds. The zero-order chi connectivity index (χ0) is 15.1. The van der Waals surface area contributed by atoms with Crippen LogP contribution in [0.25, 0.3) is 0 Å². The zero-order valence-corrected chi connectivity index (χ0v) is 13.1. The summed E-state index contributed by atoms with van der Waals surface area (Å²) in [5.41, 5.74) is 3.76. The van der Waals surface area contributed by atoms with Crippen LogP contribution in [0.4, 0.5) is 0 Å². The van der Waals surface area contributed by atoms with E-state index in [4.69, 9.17) is 4.74 Å². The van der Waals surface area contributed by atoms with Gasteiger partial charge in [0, 0.05) is 18.4 Å². The first-order chi connectivity index (χ1) is 10.3. The van der Waals surface area contributed by atoms with Gasteiger partial charge < -0.3 is 10.1 Å². The van der Waals surface area contributed by atoms with Gasteiger partial charge in [-0.15, -0.1) is 0 Å². The molecule has 1 aromatic heterocycles. The number of methoxy groups -OCH3 is 1. The number of para-hydroxylation sites is 1. The van der Waals surface area contributed by atoms with Crippen LogP contribution in [-0.2, 0) is 6.42 Å². The van der Waals surface area contributed by atoms with Crippen LogP contribution in [0.2, 0.25) is 0 Å². The van der Waals surface area contributed by atoms with Crippen LogP contribution in [0.5, 0.6) is 5.75 Å². The normalized spacial score (nSPS) is 12.1. The molecule has 0 radical (unpaired) electrons. The third kappa shape index (κ3) is 4.05. The van der Waals surface area contributed by atoms with Crippen LogP contribution < -0.4 is 10.1 Å². The van der Waals surface area contributed by atoms with Crippen molar-refractivity contribution in [2.75, 3.05) is 13.7 Å². The Bertz CT molecular complexity index is 569. The second-order valence-electron chi connectivity index (χ2n) is 5.25. The van der Waals surface area contributed by atoms with Gasteiger partial charge in [-0.25, -0.2) is 0 Å². The predicted molar refractivity (Wildman–Crippen MR) is 86.7 cm³/mol. The summed E-state index contributed by atoms with van der Waals surface area (Å²) in [6, 6.07) is 10.6. The number of ether oxygens (including phenoxy) is 1. The van der Waals surface area contributed by atoms with Gasteiger partial charge in [-0.1, -0.05) is 25.1 Å². The molecule has 0 aliphatic heterocycles. The lowest BCUT2D eigenvalue weighted by molar-refractivity contribution is 0.405. The van der Waals surface area contributed by atoms with Crippen molar-refractivity contribution >= 4 is 0 Å². The summed E-state index contributed by atoms with van der Waals surface area (Å²) in [4.78, 5) is 4.20. The van der Waals surface area contributed by atoms with Crippen molar-refractivity contribution in [3.63, 3.8) is 0 Å². The Morgan fingerprint density at radius 3 is 2.76 bits per heavy atom. The van der Waals surface area contributed by atoms with Crippen molar-refractivity contribution < 1.29 is 4.74 Å². The second kappa shape index (κ2) is 7.79. The molecule has 0 saturated heterocycles. The fraction of sp³-hybridized carbons (Fsp3) is 0.389. The van der Waals surface area contributed by atoms with Crippen LogP contribution in [-0.4, -0.2) is 18.6 Å². The SMILES string of the molecule is CCCNC(Cc1ccccc1OC)c1ccncc1C. The number of aryl methyl sites for hydroxylation is 1. The standard InChI is InChI=1S/C18H24N2O/c1-4-10-20-17(16-9-11-19-13-14(16)2)12-15-7-5-6-8-18(15)21-3/h5-9,11,13,17,20H,4,10,12H2,1-3H3. The Morgan fingerprint density at radius 2 is 2.05 bits per heavy atom. The molecular formula is C18H24N2O. The third-order valence-corrected chi connectivity index (χ3v) is 3.70. The first kappa shape index (κ1) is 15.5. The summed E-state index contributed by atoms with van der Waals surface area (Å²) in [7, 11) is 1.73. The number of rotatable bonds is 7. The van der Waals surface area contributed by atoms with E-state index in [1.165, 1.54) is 16.7 Å². The van der Waals surface area contributed by atoms with Gasteiger partial charge in [-0.2, -0.15) is 0 Å². The molecule has 1 N–H and O–H groups in total. The molecule has 0 aliphatic carbocycles. The molecule has 2 aromatic rings. The average molecular weight is 284 g/mol. The van der Waals surface area contributed by atoms with Gasteiger partial charge >= 0.3 is 0 Å². The number of hydrogen-bond donors (Lipinski definition) is 1. The van der Waals surface area contributed by atoms with E-state index >= 15 is 0 Å².